The van der Waals surface area contributed by atoms with Crippen molar-refractivity contribution in [1.82, 2.24) is 0 Å². The molecule has 1 N–H and O–H groups in total. The zero-order valence-corrected chi connectivity index (χ0v) is 15.3. The van der Waals surface area contributed by atoms with E-state index in [4.69, 9.17) is 0 Å². The number of rotatable bonds is 2. The maximum absolute atomic E-state index is 13.0. The molecule has 98 valence electrons. The van der Waals surface area contributed by atoms with Crippen molar-refractivity contribution in [3.63, 3.8) is 0 Å². The molecule has 2 rings (SSSR count). The van der Waals surface area contributed by atoms with E-state index in [1.807, 2.05) is 34.7 Å². The van der Waals surface area contributed by atoms with Crippen LogP contribution in [0.5, 0.6) is 0 Å². The number of carbonyl (C=O) groups is 1. The number of anilines is 1. The number of amides is 1. The van der Waals surface area contributed by atoms with Crippen LogP contribution in [0.15, 0.2) is 40.9 Å². The Kier molecular flexibility index (Phi) is 5.18. The second-order valence-corrected chi connectivity index (χ2v) is 6.96. The molecule has 2 aromatic rings. The van der Waals surface area contributed by atoms with Gasteiger partial charge >= 0.3 is 0 Å². The fourth-order valence-electron chi connectivity index (χ4n) is 1.45. The molecule has 0 atom stereocenters. The van der Waals surface area contributed by atoms with E-state index in [2.05, 4.69) is 43.8 Å². The van der Waals surface area contributed by atoms with Gasteiger partial charge in [0.25, 0.3) is 5.91 Å². The summed E-state index contributed by atoms with van der Waals surface area (Å²) in [6.07, 6.45) is 0. The fourth-order valence-corrected chi connectivity index (χ4v) is 2.98. The normalized spacial score (nSPS) is 10.3. The topological polar surface area (TPSA) is 29.1 Å². The summed E-state index contributed by atoms with van der Waals surface area (Å²) in [5.41, 5.74) is 1.14. The number of hydrogen-bond donors (Lipinski definition) is 1. The molecule has 0 spiro atoms. The van der Waals surface area contributed by atoms with Crippen molar-refractivity contribution in [2.75, 3.05) is 5.32 Å². The third-order valence-corrected chi connectivity index (χ3v) is 4.61. The molecule has 0 saturated heterocycles. The first-order valence-electron chi connectivity index (χ1n) is 5.19. The molecule has 0 aliphatic rings. The van der Waals surface area contributed by atoms with Crippen molar-refractivity contribution < 1.29 is 9.18 Å². The van der Waals surface area contributed by atoms with Gasteiger partial charge in [-0.05, 0) is 97.5 Å². The van der Waals surface area contributed by atoms with Gasteiger partial charge in [0, 0.05) is 11.6 Å². The highest BCUT2D eigenvalue weighted by Crippen LogP contribution is 2.23. The standard InChI is InChI=1S/C13H7BrFI2NO/c14-10-3-2-8(16)6-9(10)13(19)18-12-4-1-7(15)5-11(12)17/h1-6H,(H,18,19). The summed E-state index contributed by atoms with van der Waals surface area (Å²) in [4.78, 5) is 12.2. The van der Waals surface area contributed by atoms with Gasteiger partial charge in [-0.25, -0.2) is 4.39 Å². The van der Waals surface area contributed by atoms with E-state index < -0.39 is 0 Å². The Morgan fingerprint density at radius 1 is 1.16 bits per heavy atom. The molecule has 0 radical (unpaired) electrons. The maximum atomic E-state index is 13.0. The third kappa shape index (κ3) is 3.88. The molecule has 0 saturated carbocycles. The van der Waals surface area contributed by atoms with Crippen molar-refractivity contribution in [1.29, 1.82) is 0 Å². The first kappa shape index (κ1) is 15.2. The highest BCUT2D eigenvalue weighted by atomic mass is 127. The lowest BCUT2D eigenvalue weighted by atomic mass is 10.2. The van der Waals surface area contributed by atoms with Gasteiger partial charge in [-0.2, -0.15) is 0 Å². The van der Waals surface area contributed by atoms with E-state index in [1.54, 1.807) is 12.1 Å². The van der Waals surface area contributed by atoms with Crippen molar-refractivity contribution in [3.8, 4) is 0 Å². The van der Waals surface area contributed by atoms with E-state index >= 15 is 0 Å². The Bertz CT molecular complexity index is 649. The van der Waals surface area contributed by atoms with Gasteiger partial charge in [-0.3, -0.25) is 4.79 Å². The summed E-state index contributed by atoms with van der Waals surface area (Å²) < 4.78 is 15.4. The molecule has 1 amide bonds. The van der Waals surface area contributed by atoms with Crippen LogP contribution in [0.2, 0.25) is 0 Å². The minimum absolute atomic E-state index is 0.227. The van der Waals surface area contributed by atoms with E-state index in [0.717, 1.165) is 8.04 Å². The molecule has 0 bridgehead atoms. The largest absolute Gasteiger partial charge is 0.321 e. The lowest BCUT2D eigenvalue weighted by Gasteiger charge is -2.09. The van der Waals surface area contributed by atoms with Crippen LogP contribution >= 0.6 is 61.1 Å². The Hall–Kier alpha value is -0.220. The number of carbonyl (C=O) groups excluding carboxylic acids is 1. The quantitative estimate of drug-likeness (QED) is 0.526. The summed E-state index contributed by atoms with van der Waals surface area (Å²) in [6.45, 7) is 0. The highest BCUT2D eigenvalue weighted by Gasteiger charge is 2.12. The molecule has 19 heavy (non-hydrogen) atoms. The van der Waals surface area contributed by atoms with Crippen LogP contribution in [0.4, 0.5) is 10.1 Å². The number of hydrogen-bond acceptors (Lipinski definition) is 1. The average Bonchev–Trinajstić information content (AvgIpc) is 2.35. The Morgan fingerprint density at radius 3 is 2.58 bits per heavy atom. The minimum atomic E-state index is -0.321. The van der Waals surface area contributed by atoms with E-state index in [9.17, 15) is 9.18 Å². The van der Waals surface area contributed by atoms with E-state index in [1.165, 1.54) is 12.1 Å². The molecule has 0 aliphatic carbocycles. The summed E-state index contributed by atoms with van der Waals surface area (Å²) >= 11 is 7.48. The number of nitrogens with one attached hydrogen (secondary N) is 1. The zero-order chi connectivity index (χ0) is 14.0. The average molecular weight is 546 g/mol. The molecule has 2 aromatic carbocycles. The minimum Gasteiger partial charge on any atom is -0.321 e. The second-order valence-electron chi connectivity index (χ2n) is 3.70. The fraction of sp³-hybridized carbons (Fsp3) is 0. The molecule has 2 nitrogen and oxygen atoms in total. The summed E-state index contributed by atoms with van der Waals surface area (Å²) in [7, 11) is 0. The van der Waals surface area contributed by atoms with Crippen LogP contribution in [0, 0.1) is 13.0 Å². The van der Waals surface area contributed by atoms with Gasteiger partial charge in [-0.1, -0.05) is 0 Å². The second kappa shape index (κ2) is 6.49. The Labute approximate surface area is 145 Å². The van der Waals surface area contributed by atoms with Crippen LogP contribution in [0.25, 0.3) is 0 Å². The molecule has 0 aromatic heterocycles. The Balaban J connectivity index is 2.28. The predicted octanol–water partition coefficient (Wildman–Crippen LogP) is 5.05. The highest BCUT2D eigenvalue weighted by molar-refractivity contribution is 14.1. The first-order valence-corrected chi connectivity index (χ1v) is 8.14. The summed E-state index contributed by atoms with van der Waals surface area (Å²) in [5, 5.41) is 2.78. The van der Waals surface area contributed by atoms with E-state index in [0.29, 0.717) is 14.8 Å². The van der Waals surface area contributed by atoms with Gasteiger partial charge in [0.1, 0.15) is 5.82 Å². The monoisotopic (exact) mass is 545 g/mol. The van der Waals surface area contributed by atoms with Crippen molar-refractivity contribution in [2.45, 2.75) is 0 Å². The van der Waals surface area contributed by atoms with Gasteiger partial charge in [-0.15, -0.1) is 0 Å². The van der Waals surface area contributed by atoms with Gasteiger partial charge in [0.15, 0.2) is 0 Å². The van der Waals surface area contributed by atoms with Crippen LogP contribution in [-0.2, 0) is 0 Å². The lowest BCUT2D eigenvalue weighted by Crippen LogP contribution is -2.13. The summed E-state index contributed by atoms with van der Waals surface area (Å²) in [6, 6.07) is 9.77. The molecule has 0 aliphatic heterocycles. The van der Waals surface area contributed by atoms with E-state index in [-0.39, 0.29) is 11.7 Å². The van der Waals surface area contributed by atoms with Crippen molar-refractivity contribution in [2.24, 2.45) is 0 Å². The van der Waals surface area contributed by atoms with Gasteiger partial charge < -0.3 is 5.32 Å². The molecular formula is C13H7BrFI2NO. The molecule has 0 heterocycles. The zero-order valence-electron chi connectivity index (χ0n) is 9.38. The van der Waals surface area contributed by atoms with Gasteiger partial charge in [0.05, 0.1) is 11.3 Å². The van der Waals surface area contributed by atoms with Crippen molar-refractivity contribution >= 4 is 72.7 Å². The summed E-state index contributed by atoms with van der Waals surface area (Å²) in [5.74, 6) is -0.548. The molecule has 0 fully saturated rings. The van der Waals surface area contributed by atoms with Crippen molar-refractivity contribution in [3.05, 3.63) is 59.4 Å². The van der Waals surface area contributed by atoms with Crippen LogP contribution in [0.3, 0.4) is 0 Å². The lowest BCUT2D eigenvalue weighted by molar-refractivity contribution is 0.102. The van der Waals surface area contributed by atoms with Crippen LogP contribution < -0.4 is 5.32 Å². The molecular weight excluding hydrogens is 539 g/mol. The predicted molar refractivity (Wildman–Crippen MR) is 93.9 cm³/mol. The third-order valence-electron chi connectivity index (χ3n) is 2.35. The van der Waals surface area contributed by atoms with Crippen LogP contribution in [-0.4, -0.2) is 5.91 Å². The smallest absolute Gasteiger partial charge is 0.256 e. The molecule has 0 unspecified atom stereocenters. The Morgan fingerprint density at radius 2 is 1.89 bits per heavy atom. The SMILES string of the molecule is O=C(Nc1ccc(F)cc1I)c1cc(I)ccc1Br. The number of halogens is 4. The van der Waals surface area contributed by atoms with Gasteiger partial charge in [0.2, 0.25) is 0 Å². The molecule has 6 heteroatoms. The first-order chi connectivity index (χ1) is 8.97. The number of benzene rings is 2. The van der Waals surface area contributed by atoms with Crippen LogP contribution in [0.1, 0.15) is 10.4 Å². The maximum Gasteiger partial charge on any atom is 0.256 e.